The molecule has 9 aromatic carbocycles. The summed E-state index contributed by atoms with van der Waals surface area (Å²) in [6.07, 6.45) is 0. The Morgan fingerprint density at radius 3 is 0.986 bits per heavy atom. The summed E-state index contributed by atoms with van der Waals surface area (Å²) in [5.41, 5.74) is 12.4. The molecule has 0 saturated carbocycles. The third kappa shape index (κ3) is 9.96. The number of ether oxygens (including phenoxy) is 4. The number of methoxy groups -OCH3 is 4. The molecule has 9 aromatic rings. The molecular weight excluding hydrogens is 938 g/mol. The van der Waals surface area contributed by atoms with E-state index < -0.39 is 10.1 Å². The first kappa shape index (κ1) is 48.8. The fourth-order valence-corrected chi connectivity index (χ4v) is 10.5. The summed E-state index contributed by atoms with van der Waals surface area (Å²) >= 11 is 1.70. The number of anilines is 9. The molecule has 10 nitrogen and oxygen atoms in total. The summed E-state index contributed by atoms with van der Waals surface area (Å²) in [5, 5.41) is 0. The largest absolute Gasteiger partial charge is 1.00 e. The second-order valence-corrected chi connectivity index (χ2v) is 18.7. The predicted octanol–water partition coefficient (Wildman–Crippen LogP) is 11.8. The summed E-state index contributed by atoms with van der Waals surface area (Å²) in [5.74, 6) is 3.07. The van der Waals surface area contributed by atoms with Gasteiger partial charge in [0.2, 0.25) is 0 Å². The summed E-state index contributed by atoms with van der Waals surface area (Å²) < 4.78 is 58.2. The van der Waals surface area contributed by atoms with Crippen LogP contribution in [0.1, 0.15) is 0 Å². The minimum Gasteiger partial charge on any atom is -0.744 e. The van der Waals surface area contributed by atoms with Gasteiger partial charge in [-0.05, 0) is 180 Å². The maximum absolute atomic E-state index is 12.1. The average Bonchev–Trinajstić information content (AvgIpc) is 3.41. The Balaban J connectivity index is 0.00000624. The van der Waals surface area contributed by atoms with Gasteiger partial charge in [0.25, 0.3) is 0 Å². The van der Waals surface area contributed by atoms with E-state index in [1.807, 2.05) is 109 Å². The van der Waals surface area contributed by atoms with Crippen LogP contribution in [-0.2, 0) is 10.1 Å². The third-order valence-corrected chi connectivity index (χ3v) is 14.4. The van der Waals surface area contributed by atoms with Crippen LogP contribution in [0.2, 0.25) is 0 Å². The fourth-order valence-electron chi connectivity index (χ4n) is 8.74. The van der Waals surface area contributed by atoms with Gasteiger partial charge in [-0.15, -0.1) is 0 Å². The Hall–Kier alpha value is -7.16. The number of rotatable bonds is 14. The molecular formula is C58H46N3NaO7S2. The van der Waals surface area contributed by atoms with E-state index in [-0.39, 0.29) is 34.5 Å². The van der Waals surface area contributed by atoms with Gasteiger partial charge in [-0.25, -0.2) is 8.42 Å². The molecule has 71 heavy (non-hydrogen) atoms. The first-order valence-corrected chi connectivity index (χ1v) is 24.5. The molecule has 1 aliphatic heterocycles. The van der Waals surface area contributed by atoms with Crippen molar-refractivity contribution in [1.29, 1.82) is 0 Å². The van der Waals surface area contributed by atoms with Gasteiger partial charge in [0.1, 0.15) is 33.1 Å². The molecule has 0 radical (unpaired) electrons. The molecule has 0 spiro atoms. The van der Waals surface area contributed by atoms with Crippen molar-refractivity contribution in [2.24, 2.45) is 0 Å². The standard InChI is InChI=1S/C58H47N3O7S2.Na/c1-65-48-29-19-43(20-30-48)59(44-21-31-49(66-2)32-22-44)41-15-11-39(12-16-41)53-7-5-9-55-57(53)69-58-54(8-6-10-56(58)61(55)47-27-37-52(38-28-47)70(62,63)64)40-13-17-42(18-14-40)60(45-23-33-50(67-3)34-24-45)46-25-35-51(68-4)36-26-46;/h5-38H,1-4H3,(H,62,63,64);/q;+1/p-1. The average molecular weight is 984 g/mol. The number of benzene rings is 9. The molecule has 1 aliphatic rings. The molecule has 0 amide bonds. The zero-order valence-electron chi connectivity index (χ0n) is 39.6. The van der Waals surface area contributed by atoms with Crippen LogP contribution in [0.25, 0.3) is 22.3 Å². The second kappa shape index (κ2) is 21.1. The molecule has 0 saturated heterocycles. The van der Waals surface area contributed by atoms with Crippen LogP contribution in [0.4, 0.5) is 51.2 Å². The van der Waals surface area contributed by atoms with Gasteiger partial charge in [0.05, 0.1) is 44.7 Å². The minimum atomic E-state index is -4.66. The quantitative estimate of drug-likeness (QED) is 0.0768. The Labute approximate surface area is 440 Å². The molecule has 0 N–H and O–H groups in total. The summed E-state index contributed by atoms with van der Waals surface area (Å²) in [7, 11) is 1.97. The third-order valence-electron chi connectivity index (χ3n) is 12.3. The topological polar surface area (TPSA) is 104 Å². The van der Waals surface area contributed by atoms with Crippen molar-refractivity contribution in [3.05, 3.63) is 206 Å². The Morgan fingerprint density at radius 1 is 0.408 bits per heavy atom. The van der Waals surface area contributed by atoms with Crippen LogP contribution in [0.3, 0.4) is 0 Å². The molecule has 348 valence electrons. The zero-order chi connectivity index (χ0) is 48.4. The molecule has 1 heterocycles. The van der Waals surface area contributed by atoms with E-state index in [1.165, 1.54) is 12.1 Å². The van der Waals surface area contributed by atoms with Crippen LogP contribution in [-0.4, -0.2) is 41.4 Å². The van der Waals surface area contributed by atoms with Crippen LogP contribution >= 0.6 is 11.8 Å². The van der Waals surface area contributed by atoms with E-state index in [4.69, 9.17) is 18.9 Å². The monoisotopic (exact) mass is 983 g/mol. The van der Waals surface area contributed by atoms with Crippen molar-refractivity contribution in [2.75, 3.05) is 43.1 Å². The molecule has 13 heteroatoms. The number of hydrogen-bond donors (Lipinski definition) is 0. The Kier molecular flexibility index (Phi) is 14.5. The van der Waals surface area contributed by atoms with Gasteiger partial charge in [-0.1, -0.05) is 60.3 Å². The molecule has 0 bridgehead atoms. The van der Waals surface area contributed by atoms with Gasteiger partial charge in [-0.3, -0.25) is 0 Å². The maximum atomic E-state index is 12.1. The van der Waals surface area contributed by atoms with Crippen molar-refractivity contribution in [1.82, 2.24) is 0 Å². The minimum absolute atomic E-state index is 0. The molecule has 0 unspecified atom stereocenters. The zero-order valence-corrected chi connectivity index (χ0v) is 43.3. The SMILES string of the molecule is COc1ccc(N(c2ccc(OC)cc2)c2ccc(-c3cccc4c3Sc3c(-c5ccc(N(c6ccc(OC)cc6)c6ccc(OC)cc6)cc5)cccc3N4c3ccc(S(=O)(=O)[O-])cc3)cc2)cc1.[Na+]. The van der Waals surface area contributed by atoms with Gasteiger partial charge in [0.15, 0.2) is 0 Å². The summed E-state index contributed by atoms with van der Waals surface area (Å²) in [6.45, 7) is 0. The smallest absolute Gasteiger partial charge is 0.744 e. The Bertz CT molecular complexity index is 3110. The number of fused-ring (bicyclic) bond motifs is 2. The first-order valence-electron chi connectivity index (χ1n) is 22.3. The van der Waals surface area contributed by atoms with Crippen LogP contribution in [0, 0.1) is 0 Å². The first-order chi connectivity index (χ1) is 34.1. The Morgan fingerprint density at radius 2 is 0.704 bits per heavy atom. The van der Waals surface area contributed by atoms with Crippen molar-refractivity contribution in [3.63, 3.8) is 0 Å². The summed E-state index contributed by atoms with van der Waals surface area (Å²) in [6, 6.07) is 67.6. The van der Waals surface area contributed by atoms with Crippen molar-refractivity contribution >= 4 is 73.1 Å². The van der Waals surface area contributed by atoms with E-state index in [9.17, 15) is 13.0 Å². The van der Waals surface area contributed by atoms with E-state index in [2.05, 4.69) is 87.5 Å². The van der Waals surface area contributed by atoms with Gasteiger partial charge >= 0.3 is 29.6 Å². The number of nitrogens with zero attached hydrogens (tertiary/aromatic N) is 3. The van der Waals surface area contributed by atoms with Crippen LogP contribution in [0.5, 0.6) is 23.0 Å². The van der Waals surface area contributed by atoms with E-state index in [1.54, 1.807) is 52.3 Å². The van der Waals surface area contributed by atoms with Crippen molar-refractivity contribution < 1.29 is 61.5 Å². The van der Waals surface area contributed by atoms with Gasteiger partial charge in [0, 0.05) is 49.6 Å². The maximum Gasteiger partial charge on any atom is 1.00 e. The van der Waals surface area contributed by atoms with Crippen molar-refractivity contribution in [2.45, 2.75) is 14.7 Å². The predicted molar refractivity (Wildman–Crippen MR) is 280 cm³/mol. The molecule has 0 aliphatic carbocycles. The van der Waals surface area contributed by atoms with Crippen molar-refractivity contribution in [3.8, 4) is 45.3 Å². The molecule has 0 fully saturated rings. The van der Waals surface area contributed by atoms with Gasteiger partial charge < -0.3 is 38.2 Å². The van der Waals surface area contributed by atoms with Crippen LogP contribution in [0.15, 0.2) is 221 Å². The van der Waals surface area contributed by atoms with E-state index in [0.29, 0.717) is 5.69 Å². The molecule has 0 aromatic heterocycles. The van der Waals surface area contributed by atoms with Crippen LogP contribution < -0.4 is 63.2 Å². The number of hydrogen-bond acceptors (Lipinski definition) is 11. The van der Waals surface area contributed by atoms with E-state index >= 15 is 0 Å². The molecule has 0 atom stereocenters. The second-order valence-electron chi connectivity index (χ2n) is 16.2. The fraction of sp³-hybridized carbons (Fsp3) is 0.0690. The normalized spacial score (nSPS) is 11.6. The summed E-state index contributed by atoms with van der Waals surface area (Å²) in [4.78, 5) is 8.25. The van der Waals surface area contributed by atoms with E-state index in [0.717, 1.165) is 101 Å². The molecule has 10 rings (SSSR count). The van der Waals surface area contributed by atoms with Gasteiger partial charge in [-0.2, -0.15) is 0 Å².